The second-order valence-electron chi connectivity index (χ2n) is 6.54. The first-order chi connectivity index (χ1) is 8.41. The van der Waals surface area contributed by atoms with Crippen LogP contribution in [0.1, 0.15) is 75.4 Å². The van der Waals surface area contributed by atoms with Crippen LogP contribution in [0, 0.1) is 0 Å². The molecule has 1 heterocycles. The molecule has 3 heteroatoms. The standard InChI is InChI=1S/C15H26N2S/c1-6-10(2)16-9-12-13(15(3,4)5)17-14(18-12)11-7-8-11/h10-11,16H,6-9H2,1-5H3. The molecule has 1 aromatic heterocycles. The molecule has 1 saturated carbocycles. The lowest BCUT2D eigenvalue weighted by molar-refractivity contribution is 0.519. The van der Waals surface area contributed by atoms with Gasteiger partial charge in [0.05, 0.1) is 10.7 Å². The van der Waals surface area contributed by atoms with Gasteiger partial charge in [-0.15, -0.1) is 11.3 Å². The van der Waals surface area contributed by atoms with Gasteiger partial charge in [-0.05, 0) is 26.2 Å². The normalized spacial score (nSPS) is 18.1. The van der Waals surface area contributed by atoms with Crippen molar-refractivity contribution in [1.29, 1.82) is 0 Å². The van der Waals surface area contributed by atoms with Gasteiger partial charge in [0.25, 0.3) is 0 Å². The zero-order chi connectivity index (χ0) is 13.3. The summed E-state index contributed by atoms with van der Waals surface area (Å²) in [5.41, 5.74) is 1.47. The zero-order valence-corrected chi connectivity index (χ0v) is 13.2. The summed E-state index contributed by atoms with van der Waals surface area (Å²) in [7, 11) is 0. The predicted molar refractivity (Wildman–Crippen MR) is 79.4 cm³/mol. The third-order valence-electron chi connectivity index (χ3n) is 3.57. The van der Waals surface area contributed by atoms with Gasteiger partial charge in [0.2, 0.25) is 0 Å². The van der Waals surface area contributed by atoms with Gasteiger partial charge < -0.3 is 5.32 Å². The molecule has 0 amide bonds. The first kappa shape index (κ1) is 14.0. The molecule has 0 saturated heterocycles. The summed E-state index contributed by atoms with van der Waals surface area (Å²) in [5.74, 6) is 0.772. The second kappa shape index (κ2) is 5.30. The molecular formula is C15H26N2S. The molecule has 2 rings (SSSR count). The lowest BCUT2D eigenvalue weighted by atomic mass is 9.91. The molecule has 0 aromatic carbocycles. The van der Waals surface area contributed by atoms with E-state index in [9.17, 15) is 0 Å². The van der Waals surface area contributed by atoms with E-state index in [1.54, 1.807) is 0 Å². The number of aromatic nitrogens is 1. The average molecular weight is 266 g/mol. The van der Waals surface area contributed by atoms with Crippen molar-refractivity contribution in [3.63, 3.8) is 0 Å². The van der Waals surface area contributed by atoms with Gasteiger partial charge in [0.1, 0.15) is 0 Å². The first-order valence-corrected chi connectivity index (χ1v) is 7.97. The quantitative estimate of drug-likeness (QED) is 0.863. The van der Waals surface area contributed by atoms with E-state index in [1.807, 2.05) is 11.3 Å². The van der Waals surface area contributed by atoms with Crippen molar-refractivity contribution in [3.05, 3.63) is 15.6 Å². The number of hydrogen-bond donors (Lipinski definition) is 1. The average Bonchev–Trinajstić information content (AvgIpc) is 3.05. The molecule has 18 heavy (non-hydrogen) atoms. The van der Waals surface area contributed by atoms with Crippen LogP contribution >= 0.6 is 11.3 Å². The van der Waals surface area contributed by atoms with Crippen LogP contribution in [0.2, 0.25) is 0 Å². The van der Waals surface area contributed by atoms with Crippen LogP contribution in [-0.4, -0.2) is 11.0 Å². The smallest absolute Gasteiger partial charge is 0.0962 e. The number of rotatable bonds is 5. The molecule has 0 bridgehead atoms. The van der Waals surface area contributed by atoms with Crippen LogP contribution in [-0.2, 0) is 12.0 Å². The Bertz CT molecular complexity index is 399. The monoisotopic (exact) mass is 266 g/mol. The zero-order valence-electron chi connectivity index (χ0n) is 12.3. The minimum atomic E-state index is 0.163. The summed E-state index contributed by atoms with van der Waals surface area (Å²) in [5, 5.41) is 4.98. The van der Waals surface area contributed by atoms with Crippen molar-refractivity contribution in [2.75, 3.05) is 0 Å². The number of nitrogens with one attached hydrogen (secondary N) is 1. The molecule has 1 unspecified atom stereocenters. The van der Waals surface area contributed by atoms with Crippen molar-refractivity contribution < 1.29 is 0 Å². The van der Waals surface area contributed by atoms with E-state index < -0.39 is 0 Å². The van der Waals surface area contributed by atoms with E-state index in [2.05, 4.69) is 39.9 Å². The Morgan fingerprint density at radius 2 is 2.06 bits per heavy atom. The highest BCUT2D eigenvalue weighted by Gasteiger charge is 2.31. The van der Waals surface area contributed by atoms with Gasteiger partial charge in [-0.3, -0.25) is 0 Å². The van der Waals surface area contributed by atoms with E-state index >= 15 is 0 Å². The highest BCUT2D eigenvalue weighted by Crippen LogP contribution is 2.44. The van der Waals surface area contributed by atoms with E-state index in [4.69, 9.17) is 4.98 Å². The molecule has 0 aliphatic heterocycles. The van der Waals surface area contributed by atoms with Crippen molar-refractivity contribution in [3.8, 4) is 0 Å². The van der Waals surface area contributed by atoms with Gasteiger partial charge in [-0.2, -0.15) is 0 Å². The van der Waals surface area contributed by atoms with Crippen molar-refractivity contribution in [2.45, 2.75) is 77.8 Å². The van der Waals surface area contributed by atoms with Crippen molar-refractivity contribution >= 4 is 11.3 Å². The Morgan fingerprint density at radius 1 is 1.39 bits per heavy atom. The third kappa shape index (κ3) is 3.33. The predicted octanol–water partition coefficient (Wildman–Crippen LogP) is 4.21. The fourth-order valence-electron chi connectivity index (χ4n) is 1.99. The summed E-state index contributed by atoms with van der Waals surface area (Å²) in [4.78, 5) is 6.37. The lowest BCUT2D eigenvalue weighted by Crippen LogP contribution is -2.25. The van der Waals surface area contributed by atoms with E-state index in [1.165, 1.54) is 34.8 Å². The van der Waals surface area contributed by atoms with Crippen molar-refractivity contribution in [1.82, 2.24) is 10.3 Å². The number of thiazole rings is 1. The SMILES string of the molecule is CCC(C)NCc1sc(C2CC2)nc1C(C)(C)C. The molecule has 1 fully saturated rings. The van der Waals surface area contributed by atoms with E-state index in [0.717, 1.165) is 12.5 Å². The summed E-state index contributed by atoms with van der Waals surface area (Å²) >= 11 is 1.94. The number of hydrogen-bond acceptors (Lipinski definition) is 3. The Kier molecular flexibility index (Phi) is 4.12. The van der Waals surface area contributed by atoms with E-state index in [-0.39, 0.29) is 5.41 Å². The van der Waals surface area contributed by atoms with Crippen LogP contribution in [0.3, 0.4) is 0 Å². The summed E-state index contributed by atoms with van der Waals surface area (Å²) < 4.78 is 0. The molecule has 0 spiro atoms. The Hall–Kier alpha value is -0.410. The molecular weight excluding hydrogens is 240 g/mol. The molecule has 1 N–H and O–H groups in total. The summed E-state index contributed by atoms with van der Waals surface area (Å²) in [6, 6.07) is 0.587. The largest absolute Gasteiger partial charge is 0.309 e. The highest BCUT2D eigenvalue weighted by molar-refractivity contribution is 7.11. The maximum Gasteiger partial charge on any atom is 0.0962 e. The fourth-order valence-corrected chi connectivity index (χ4v) is 3.39. The van der Waals surface area contributed by atoms with Crippen LogP contribution in [0.5, 0.6) is 0 Å². The van der Waals surface area contributed by atoms with Crippen LogP contribution < -0.4 is 5.32 Å². The van der Waals surface area contributed by atoms with Gasteiger partial charge >= 0.3 is 0 Å². The molecule has 0 radical (unpaired) electrons. The van der Waals surface area contributed by atoms with Crippen LogP contribution in [0.15, 0.2) is 0 Å². The Morgan fingerprint density at radius 3 is 2.56 bits per heavy atom. The van der Waals surface area contributed by atoms with Gasteiger partial charge in [-0.25, -0.2) is 4.98 Å². The minimum Gasteiger partial charge on any atom is -0.309 e. The Balaban J connectivity index is 2.15. The first-order valence-electron chi connectivity index (χ1n) is 7.15. The topological polar surface area (TPSA) is 24.9 Å². The van der Waals surface area contributed by atoms with Crippen molar-refractivity contribution in [2.24, 2.45) is 0 Å². The molecule has 1 aliphatic carbocycles. The second-order valence-corrected chi connectivity index (χ2v) is 7.65. The molecule has 1 aromatic rings. The van der Waals surface area contributed by atoms with Gasteiger partial charge in [0, 0.05) is 28.8 Å². The van der Waals surface area contributed by atoms with Crippen LogP contribution in [0.4, 0.5) is 0 Å². The van der Waals surface area contributed by atoms with Gasteiger partial charge in [-0.1, -0.05) is 27.7 Å². The molecule has 2 nitrogen and oxygen atoms in total. The highest BCUT2D eigenvalue weighted by atomic mass is 32.1. The Labute approximate surface area is 115 Å². The summed E-state index contributed by atoms with van der Waals surface area (Å²) in [6.45, 7) is 12.3. The number of nitrogens with zero attached hydrogens (tertiary/aromatic N) is 1. The maximum absolute atomic E-state index is 4.93. The third-order valence-corrected chi connectivity index (χ3v) is 4.79. The maximum atomic E-state index is 4.93. The molecule has 1 aliphatic rings. The minimum absolute atomic E-state index is 0.163. The lowest BCUT2D eigenvalue weighted by Gasteiger charge is -2.19. The molecule has 1 atom stereocenters. The molecule has 102 valence electrons. The van der Waals surface area contributed by atoms with E-state index in [0.29, 0.717) is 6.04 Å². The van der Waals surface area contributed by atoms with Crippen LogP contribution in [0.25, 0.3) is 0 Å². The fraction of sp³-hybridized carbons (Fsp3) is 0.800. The van der Waals surface area contributed by atoms with Gasteiger partial charge in [0.15, 0.2) is 0 Å². The summed E-state index contributed by atoms with van der Waals surface area (Å²) in [6.07, 6.45) is 3.86.